The molecule has 0 aliphatic rings. The largest absolute Gasteiger partial charge is 0.461 e. The highest BCUT2D eigenvalue weighted by Crippen LogP contribution is 2.18. The molecule has 2 nitrogen and oxygen atoms in total. The Labute approximate surface area is 61.8 Å². The van der Waals surface area contributed by atoms with Crippen LogP contribution >= 0.6 is 0 Å². The molecular formula is C7H6F2O2. The summed E-state index contributed by atoms with van der Waals surface area (Å²) in [5.41, 5.74) is 0. The van der Waals surface area contributed by atoms with E-state index in [0.717, 1.165) is 0 Å². The van der Waals surface area contributed by atoms with Crippen molar-refractivity contribution in [2.75, 3.05) is 0 Å². The Bertz CT molecular complexity index is 246. The first-order chi connectivity index (χ1) is 5.02. The molecule has 1 aromatic rings. The first kappa shape index (κ1) is 7.91. The number of Topliss-reactive ketones (excluding diaryl/α,β-unsaturated/α-hetero) is 1. The standard InChI is InChI=1S/C7H6F2O2/c1-7(8,9)6(10)5-3-2-4-11-5/h2-4H,1H3. The molecule has 1 rings (SSSR count). The zero-order chi connectivity index (χ0) is 8.48. The first-order valence-electron chi connectivity index (χ1n) is 2.98. The lowest BCUT2D eigenvalue weighted by molar-refractivity contribution is 0.0195. The molecular weight excluding hydrogens is 154 g/mol. The predicted molar refractivity (Wildman–Crippen MR) is 33.7 cm³/mol. The Morgan fingerprint density at radius 3 is 2.64 bits per heavy atom. The van der Waals surface area contributed by atoms with Crippen LogP contribution in [-0.4, -0.2) is 11.7 Å². The number of carbonyl (C=O) groups is 1. The van der Waals surface area contributed by atoms with Gasteiger partial charge in [-0.15, -0.1) is 0 Å². The quantitative estimate of drug-likeness (QED) is 0.620. The van der Waals surface area contributed by atoms with Gasteiger partial charge in [-0.2, -0.15) is 8.78 Å². The van der Waals surface area contributed by atoms with E-state index in [2.05, 4.69) is 4.42 Å². The van der Waals surface area contributed by atoms with Crippen LogP contribution in [0.25, 0.3) is 0 Å². The van der Waals surface area contributed by atoms with Gasteiger partial charge in [0, 0.05) is 6.92 Å². The lowest BCUT2D eigenvalue weighted by Crippen LogP contribution is -2.23. The zero-order valence-corrected chi connectivity index (χ0v) is 5.80. The maximum Gasteiger partial charge on any atom is 0.310 e. The maximum atomic E-state index is 12.3. The molecule has 0 amide bonds. The number of rotatable bonds is 2. The van der Waals surface area contributed by atoms with Crippen LogP contribution in [0.1, 0.15) is 17.5 Å². The molecule has 0 bridgehead atoms. The van der Waals surface area contributed by atoms with Gasteiger partial charge in [-0.3, -0.25) is 4.79 Å². The fourth-order valence-corrected chi connectivity index (χ4v) is 0.624. The Hall–Kier alpha value is -1.19. The molecule has 0 aliphatic heterocycles. The Kier molecular flexibility index (Phi) is 1.76. The molecule has 0 N–H and O–H groups in total. The van der Waals surface area contributed by atoms with E-state index in [0.29, 0.717) is 6.92 Å². The van der Waals surface area contributed by atoms with Crippen molar-refractivity contribution < 1.29 is 18.0 Å². The van der Waals surface area contributed by atoms with Crippen LogP contribution in [0.15, 0.2) is 22.8 Å². The summed E-state index contributed by atoms with van der Waals surface area (Å²) in [6, 6.07) is 2.60. The fraction of sp³-hybridized carbons (Fsp3) is 0.286. The molecule has 0 radical (unpaired) electrons. The molecule has 0 fully saturated rings. The average molecular weight is 160 g/mol. The third-order valence-corrected chi connectivity index (χ3v) is 1.14. The van der Waals surface area contributed by atoms with Crippen LogP contribution in [0.2, 0.25) is 0 Å². The summed E-state index contributed by atoms with van der Waals surface area (Å²) in [6.07, 6.45) is 1.18. The van der Waals surface area contributed by atoms with Crippen LogP contribution in [0.5, 0.6) is 0 Å². The van der Waals surface area contributed by atoms with E-state index in [-0.39, 0.29) is 5.76 Å². The molecule has 60 valence electrons. The van der Waals surface area contributed by atoms with E-state index >= 15 is 0 Å². The van der Waals surface area contributed by atoms with E-state index in [1.54, 1.807) is 0 Å². The second-order valence-corrected chi connectivity index (χ2v) is 2.19. The van der Waals surface area contributed by atoms with E-state index < -0.39 is 11.7 Å². The number of hydrogen-bond donors (Lipinski definition) is 0. The van der Waals surface area contributed by atoms with Crippen molar-refractivity contribution in [3.63, 3.8) is 0 Å². The van der Waals surface area contributed by atoms with Crippen molar-refractivity contribution in [3.05, 3.63) is 24.2 Å². The summed E-state index contributed by atoms with van der Waals surface area (Å²) >= 11 is 0. The highest BCUT2D eigenvalue weighted by Gasteiger charge is 2.34. The molecule has 1 heterocycles. The molecule has 11 heavy (non-hydrogen) atoms. The van der Waals surface area contributed by atoms with Gasteiger partial charge in [0.25, 0.3) is 5.78 Å². The lowest BCUT2D eigenvalue weighted by Gasteiger charge is -2.04. The highest BCUT2D eigenvalue weighted by molar-refractivity contribution is 5.98. The monoisotopic (exact) mass is 160 g/mol. The van der Waals surface area contributed by atoms with Crippen LogP contribution in [0.4, 0.5) is 8.78 Å². The number of ketones is 1. The molecule has 0 aliphatic carbocycles. The summed E-state index contributed by atoms with van der Waals surface area (Å²) in [5, 5.41) is 0. The van der Waals surface area contributed by atoms with E-state index in [4.69, 9.17) is 0 Å². The summed E-state index contributed by atoms with van der Waals surface area (Å²) in [4.78, 5) is 10.7. The average Bonchev–Trinajstić information content (AvgIpc) is 2.34. The smallest absolute Gasteiger partial charge is 0.310 e. The molecule has 0 unspecified atom stereocenters. The van der Waals surface area contributed by atoms with Crippen molar-refractivity contribution in [2.24, 2.45) is 0 Å². The molecule has 4 heteroatoms. The minimum Gasteiger partial charge on any atom is -0.461 e. The Balaban J connectivity index is 2.88. The van der Waals surface area contributed by atoms with Crippen molar-refractivity contribution in [2.45, 2.75) is 12.8 Å². The molecule has 1 aromatic heterocycles. The maximum absolute atomic E-state index is 12.3. The predicted octanol–water partition coefficient (Wildman–Crippen LogP) is 2.12. The summed E-state index contributed by atoms with van der Waals surface area (Å²) in [5.74, 6) is -4.95. The van der Waals surface area contributed by atoms with E-state index in [9.17, 15) is 13.6 Å². The number of alkyl halides is 2. The third kappa shape index (κ3) is 1.63. The summed E-state index contributed by atoms with van der Waals surface area (Å²) in [7, 11) is 0. The minimum atomic E-state index is -3.35. The lowest BCUT2D eigenvalue weighted by atomic mass is 10.2. The first-order valence-corrected chi connectivity index (χ1v) is 2.98. The summed E-state index contributed by atoms with van der Waals surface area (Å²) in [6.45, 7) is 0.540. The van der Waals surface area contributed by atoms with Crippen LogP contribution in [0, 0.1) is 0 Å². The van der Waals surface area contributed by atoms with Crippen molar-refractivity contribution >= 4 is 5.78 Å². The minimum absolute atomic E-state index is 0.308. The number of halogens is 2. The normalized spacial score (nSPS) is 11.5. The van der Waals surface area contributed by atoms with E-state index in [1.807, 2.05) is 0 Å². The third-order valence-electron chi connectivity index (χ3n) is 1.14. The molecule has 0 saturated carbocycles. The Morgan fingerprint density at radius 1 is 1.64 bits per heavy atom. The van der Waals surface area contributed by atoms with E-state index in [1.165, 1.54) is 18.4 Å². The van der Waals surface area contributed by atoms with Crippen molar-refractivity contribution in [1.29, 1.82) is 0 Å². The molecule has 0 spiro atoms. The van der Waals surface area contributed by atoms with Crippen molar-refractivity contribution in [1.82, 2.24) is 0 Å². The fourth-order valence-electron chi connectivity index (χ4n) is 0.624. The van der Waals surface area contributed by atoms with Gasteiger partial charge in [0.1, 0.15) is 0 Å². The number of hydrogen-bond acceptors (Lipinski definition) is 2. The zero-order valence-electron chi connectivity index (χ0n) is 5.80. The number of furan rings is 1. The van der Waals surface area contributed by atoms with Gasteiger partial charge >= 0.3 is 5.92 Å². The highest BCUT2D eigenvalue weighted by atomic mass is 19.3. The molecule has 0 aromatic carbocycles. The van der Waals surface area contributed by atoms with Crippen LogP contribution < -0.4 is 0 Å². The topological polar surface area (TPSA) is 30.2 Å². The van der Waals surface area contributed by atoms with Crippen molar-refractivity contribution in [3.8, 4) is 0 Å². The second kappa shape index (κ2) is 2.45. The van der Waals surface area contributed by atoms with Gasteiger partial charge in [-0.05, 0) is 12.1 Å². The van der Waals surface area contributed by atoms with Crippen LogP contribution in [-0.2, 0) is 0 Å². The molecule has 0 saturated heterocycles. The van der Waals surface area contributed by atoms with Gasteiger partial charge in [0.2, 0.25) is 0 Å². The summed E-state index contributed by atoms with van der Waals surface area (Å²) < 4.78 is 29.0. The van der Waals surface area contributed by atoms with Gasteiger partial charge < -0.3 is 4.42 Å². The molecule has 0 atom stereocenters. The van der Waals surface area contributed by atoms with Gasteiger partial charge in [0.15, 0.2) is 5.76 Å². The SMILES string of the molecule is CC(F)(F)C(=O)c1ccco1. The van der Waals surface area contributed by atoms with Gasteiger partial charge in [-0.25, -0.2) is 0 Å². The Morgan fingerprint density at radius 2 is 2.27 bits per heavy atom. The number of carbonyl (C=O) groups excluding carboxylic acids is 1. The van der Waals surface area contributed by atoms with Crippen LogP contribution in [0.3, 0.4) is 0 Å². The van der Waals surface area contributed by atoms with Gasteiger partial charge in [-0.1, -0.05) is 0 Å². The van der Waals surface area contributed by atoms with Gasteiger partial charge in [0.05, 0.1) is 6.26 Å². The second-order valence-electron chi connectivity index (χ2n) is 2.19.